The van der Waals surface area contributed by atoms with Crippen molar-refractivity contribution in [1.82, 2.24) is 4.31 Å². The molecule has 3 aromatic carbocycles. The number of rotatable bonds is 10. The Morgan fingerprint density at radius 3 is 2.20 bits per heavy atom. The lowest BCUT2D eigenvalue weighted by molar-refractivity contribution is -0.114. The van der Waals surface area contributed by atoms with Crippen molar-refractivity contribution in [3.8, 4) is 11.5 Å². The summed E-state index contributed by atoms with van der Waals surface area (Å²) in [4.78, 5) is 13.2. The second-order valence-electron chi connectivity index (χ2n) is 8.57. The average molecular weight is 610 g/mol. The standard InChI is InChI=1S/C26H28ClN3O8S2/c1-36-24-10-8-19(16-22(24)27)30(40(34,35)20-6-4-3-5-7-20)18-26(31)28-23-17-21(9-11-25(23)37-2)39(32,33)29-12-14-38-15-13-29/h3-11,16-17H,12-15,18H2,1-2H3,(H,28,31). The third kappa shape index (κ3) is 6.34. The number of methoxy groups -OCH3 is 2. The average Bonchev–Trinajstić information content (AvgIpc) is 2.96. The van der Waals surface area contributed by atoms with Crippen molar-refractivity contribution in [3.63, 3.8) is 0 Å². The summed E-state index contributed by atoms with van der Waals surface area (Å²) in [6.07, 6.45) is 0. The lowest BCUT2D eigenvalue weighted by atomic mass is 10.2. The Morgan fingerprint density at radius 1 is 0.925 bits per heavy atom. The number of anilines is 2. The van der Waals surface area contributed by atoms with Crippen LogP contribution < -0.4 is 19.1 Å². The molecular weight excluding hydrogens is 582 g/mol. The number of nitrogens with one attached hydrogen (secondary N) is 1. The molecule has 0 atom stereocenters. The van der Waals surface area contributed by atoms with Gasteiger partial charge in [0.05, 0.1) is 53.6 Å². The molecule has 3 aromatic rings. The number of benzene rings is 3. The Bertz CT molecular complexity index is 1580. The van der Waals surface area contributed by atoms with Crippen LogP contribution in [0, 0.1) is 0 Å². The third-order valence-electron chi connectivity index (χ3n) is 6.09. The quantitative estimate of drug-likeness (QED) is 0.371. The normalized spacial score (nSPS) is 14.4. The van der Waals surface area contributed by atoms with Gasteiger partial charge >= 0.3 is 0 Å². The van der Waals surface area contributed by atoms with Crippen molar-refractivity contribution >= 4 is 48.9 Å². The van der Waals surface area contributed by atoms with Gasteiger partial charge in [0.15, 0.2) is 0 Å². The highest BCUT2D eigenvalue weighted by Crippen LogP contribution is 2.33. The fourth-order valence-corrected chi connectivity index (χ4v) is 7.17. The van der Waals surface area contributed by atoms with Gasteiger partial charge in [0.25, 0.3) is 10.0 Å². The van der Waals surface area contributed by atoms with Crippen LogP contribution in [0.4, 0.5) is 11.4 Å². The molecule has 0 aliphatic carbocycles. The smallest absolute Gasteiger partial charge is 0.264 e. The first-order valence-corrected chi connectivity index (χ1v) is 15.3. The van der Waals surface area contributed by atoms with E-state index in [-0.39, 0.29) is 58.2 Å². The lowest BCUT2D eigenvalue weighted by Crippen LogP contribution is -2.40. The highest BCUT2D eigenvalue weighted by molar-refractivity contribution is 7.92. The molecule has 0 aromatic heterocycles. The van der Waals surface area contributed by atoms with Crippen LogP contribution in [0.15, 0.2) is 76.5 Å². The first-order valence-electron chi connectivity index (χ1n) is 12.0. The van der Waals surface area contributed by atoms with E-state index in [1.54, 1.807) is 18.2 Å². The number of morpholine rings is 1. The molecule has 1 N–H and O–H groups in total. The Morgan fingerprint density at radius 2 is 1.57 bits per heavy atom. The number of carbonyl (C=O) groups is 1. The minimum absolute atomic E-state index is 0.0362. The molecule has 0 radical (unpaired) electrons. The van der Waals surface area contributed by atoms with Crippen LogP contribution in [0.3, 0.4) is 0 Å². The summed E-state index contributed by atoms with van der Waals surface area (Å²) < 4.78 is 71.5. The molecule has 40 heavy (non-hydrogen) atoms. The van der Waals surface area contributed by atoms with E-state index >= 15 is 0 Å². The molecule has 0 spiro atoms. The van der Waals surface area contributed by atoms with Gasteiger partial charge in [-0.15, -0.1) is 0 Å². The molecule has 1 aliphatic rings. The zero-order chi connectivity index (χ0) is 28.9. The summed E-state index contributed by atoms with van der Waals surface area (Å²) in [5.74, 6) is -0.222. The van der Waals surface area contributed by atoms with Crippen LogP contribution in [0.5, 0.6) is 11.5 Å². The number of nitrogens with zero attached hydrogens (tertiary/aromatic N) is 2. The molecule has 1 aliphatic heterocycles. The zero-order valence-corrected chi connectivity index (χ0v) is 24.1. The van der Waals surface area contributed by atoms with Crippen LogP contribution in [0.25, 0.3) is 0 Å². The summed E-state index contributed by atoms with van der Waals surface area (Å²) in [7, 11) is -5.29. The fourth-order valence-electron chi connectivity index (χ4n) is 4.05. The predicted molar refractivity (Wildman–Crippen MR) is 150 cm³/mol. The lowest BCUT2D eigenvalue weighted by Gasteiger charge is -2.26. The van der Waals surface area contributed by atoms with Gasteiger partial charge in [0, 0.05) is 13.1 Å². The molecule has 0 bridgehead atoms. The van der Waals surface area contributed by atoms with Crippen molar-refractivity contribution in [2.24, 2.45) is 0 Å². The van der Waals surface area contributed by atoms with Crippen molar-refractivity contribution in [2.45, 2.75) is 9.79 Å². The maximum absolute atomic E-state index is 13.6. The number of halogens is 1. The topological polar surface area (TPSA) is 132 Å². The van der Waals surface area contributed by atoms with E-state index in [2.05, 4.69) is 5.32 Å². The van der Waals surface area contributed by atoms with E-state index in [1.165, 1.54) is 67.1 Å². The number of hydrogen-bond donors (Lipinski definition) is 1. The summed E-state index contributed by atoms with van der Waals surface area (Å²) in [6, 6.07) is 16.0. The van der Waals surface area contributed by atoms with Crippen molar-refractivity contribution in [1.29, 1.82) is 0 Å². The molecule has 1 heterocycles. The molecule has 0 unspecified atom stereocenters. The van der Waals surface area contributed by atoms with Crippen LogP contribution in [0.2, 0.25) is 5.02 Å². The molecule has 1 amide bonds. The maximum Gasteiger partial charge on any atom is 0.264 e. The van der Waals surface area contributed by atoms with E-state index in [1.807, 2.05) is 0 Å². The highest BCUT2D eigenvalue weighted by atomic mass is 35.5. The van der Waals surface area contributed by atoms with E-state index in [9.17, 15) is 21.6 Å². The van der Waals surface area contributed by atoms with Crippen LogP contribution in [0.1, 0.15) is 0 Å². The van der Waals surface area contributed by atoms with Crippen molar-refractivity contribution < 1.29 is 35.8 Å². The zero-order valence-electron chi connectivity index (χ0n) is 21.7. The van der Waals surface area contributed by atoms with E-state index in [4.69, 9.17) is 25.8 Å². The summed E-state index contributed by atoms with van der Waals surface area (Å²) in [6.45, 7) is 0.309. The number of ether oxygens (including phenoxy) is 3. The molecule has 14 heteroatoms. The van der Waals surface area contributed by atoms with Gasteiger partial charge in [0.2, 0.25) is 15.9 Å². The van der Waals surface area contributed by atoms with Crippen molar-refractivity contribution in [2.75, 3.05) is 56.7 Å². The first kappa shape index (κ1) is 29.6. The summed E-state index contributed by atoms with van der Waals surface area (Å²) >= 11 is 6.27. The molecule has 4 rings (SSSR count). The Hall–Kier alpha value is -3.36. The summed E-state index contributed by atoms with van der Waals surface area (Å²) in [5, 5.41) is 2.75. The van der Waals surface area contributed by atoms with Gasteiger partial charge < -0.3 is 19.5 Å². The third-order valence-corrected chi connectivity index (χ3v) is 10.1. The summed E-state index contributed by atoms with van der Waals surface area (Å²) in [5.41, 5.74) is 0.187. The Kier molecular flexibility index (Phi) is 9.21. The van der Waals surface area contributed by atoms with Crippen molar-refractivity contribution in [3.05, 3.63) is 71.8 Å². The van der Waals surface area contributed by atoms with Crippen LogP contribution >= 0.6 is 11.6 Å². The second kappa shape index (κ2) is 12.4. The molecular formula is C26H28ClN3O8S2. The number of carbonyl (C=O) groups excluding carboxylic acids is 1. The molecule has 0 saturated carbocycles. The van der Waals surface area contributed by atoms with E-state index in [0.717, 1.165) is 4.31 Å². The minimum Gasteiger partial charge on any atom is -0.495 e. The number of sulfonamides is 2. The van der Waals surface area contributed by atoms with Gasteiger partial charge in [-0.25, -0.2) is 16.8 Å². The van der Waals surface area contributed by atoms with Crippen LogP contribution in [-0.4, -0.2) is 74.1 Å². The molecule has 1 saturated heterocycles. The van der Waals surface area contributed by atoms with E-state index < -0.39 is 32.5 Å². The predicted octanol–water partition coefficient (Wildman–Crippen LogP) is 3.21. The van der Waals surface area contributed by atoms with Gasteiger partial charge in [-0.2, -0.15) is 4.31 Å². The number of amides is 1. The largest absolute Gasteiger partial charge is 0.495 e. The minimum atomic E-state index is -4.21. The Labute approximate surface area is 238 Å². The number of hydrogen-bond acceptors (Lipinski definition) is 8. The Balaban J connectivity index is 1.67. The van der Waals surface area contributed by atoms with Gasteiger partial charge in [-0.1, -0.05) is 29.8 Å². The monoisotopic (exact) mass is 609 g/mol. The molecule has 11 nitrogen and oxygen atoms in total. The highest BCUT2D eigenvalue weighted by Gasteiger charge is 2.30. The first-order chi connectivity index (χ1) is 19.1. The SMILES string of the molecule is COc1ccc(N(CC(=O)Nc2cc(S(=O)(=O)N3CCOCC3)ccc2OC)S(=O)(=O)c2ccccc2)cc1Cl. The molecule has 1 fully saturated rings. The van der Waals surface area contributed by atoms with Gasteiger partial charge in [-0.3, -0.25) is 9.10 Å². The van der Waals surface area contributed by atoms with E-state index in [0.29, 0.717) is 5.75 Å². The fraction of sp³-hybridized carbons (Fsp3) is 0.269. The van der Waals surface area contributed by atoms with Gasteiger partial charge in [-0.05, 0) is 48.5 Å². The van der Waals surface area contributed by atoms with Gasteiger partial charge in [0.1, 0.15) is 18.0 Å². The van der Waals surface area contributed by atoms with Crippen LogP contribution in [-0.2, 0) is 29.6 Å². The molecule has 214 valence electrons. The second-order valence-corrected chi connectivity index (χ2v) is 12.8. The maximum atomic E-state index is 13.6.